The molecule has 0 aliphatic carbocycles. The molecule has 2 amide bonds. The zero-order valence-corrected chi connectivity index (χ0v) is 14.0. The van der Waals surface area contributed by atoms with Gasteiger partial charge in [0.15, 0.2) is 0 Å². The van der Waals surface area contributed by atoms with Crippen LogP contribution in [-0.4, -0.2) is 22.1 Å². The number of nitrogens with zero attached hydrogens (tertiary/aromatic N) is 1. The first kappa shape index (κ1) is 16.3. The maximum atomic E-state index is 12.3. The molecule has 0 saturated heterocycles. The highest BCUT2D eigenvalue weighted by molar-refractivity contribution is 7.99. The lowest BCUT2D eigenvalue weighted by Crippen LogP contribution is -2.24. The molecule has 0 spiro atoms. The molecule has 0 radical (unpaired) electrons. The highest BCUT2D eigenvalue weighted by Gasteiger charge is 2.31. The van der Waals surface area contributed by atoms with Crippen LogP contribution in [0.5, 0.6) is 0 Å². The number of carbonyl (C=O) groups excluding carboxylic acids is 2. The molecule has 3 rings (SSSR count). The Morgan fingerprint density at radius 3 is 2.50 bits per heavy atom. The van der Waals surface area contributed by atoms with Crippen molar-refractivity contribution in [2.45, 2.75) is 24.7 Å². The van der Waals surface area contributed by atoms with Crippen LogP contribution in [0.2, 0.25) is 0 Å². The number of pyridine rings is 1. The maximum Gasteiger partial charge on any atom is 0.262 e. The molecule has 24 heavy (non-hydrogen) atoms. The standard InChI is InChI=1S/C17H17N3O3S/c1-2-3-8-24-11-6-4-10(5-7-11)20-13(21)9-12-14(15(20)18)17(23)19-16(12)22/h4-7,9H,2-3,8,18H2,1H3,(H,19,22,23). The van der Waals surface area contributed by atoms with Gasteiger partial charge >= 0.3 is 0 Å². The predicted octanol–water partition coefficient (Wildman–Crippen LogP) is 2.20. The molecule has 1 aromatic carbocycles. The van der Waals surface area contributed by atoms with E-state index in [0.29, 0.717) is 5.69 Å². The Kier molecular flexibility index (Phi) is 4.44. The number of unbranched alkanes of at least 4 members (excludes halogenated alkanes) is 1. The third-order valence-corrected chi connectivity index (χ3v) is 4.91. The minimum absolute atomic E-state index is 0.0211. The van der Waals surface area contributed by atoms with Gasteiger partial charge in [-0.1, -0.05) is 13.3 Å². The largest absolute Gasteiger partial charge is 0.384 e. The van der Waals surface area contributed by atoms with Crippen LogP contribution in [0.3, 0.4) is 0 Å². The van der Waals surface area contributed by atoms with Gasteiger partial charge < -0.3 is 5.73 Å². The molecule has 0 atom stereocenters. The van der Waals surface area contributed by atoms with Crippen LogP contribution >= 0.6 is 11.8 Å². The molecule has 1 aliphatic heterocycles. The number of amides is 2. The summed E-state index contributed by atoms with van der Waals surface area (Å²) < 4.78 is 1.25. The van der Waals surface area contributed by atoms with E-state index in [1.54, 1.807) is 23.9 Å². The van der Waals surface area contributed by atoms with E-state index in [2.05, 4.69) is 12.2 Å². The number of nitrogen functional groups attached to an aromatic ring is 1. The first-order valence-corrected chi connectivity index (χ1v) is 8.66. The van der Waals surface area contributed by atoms with Gasteiger partial charge in [-0.3, -0.25) is 24.3 Å². The third kappa shape index (κ3) is 2.82. The predicted molar refractivity (Wildman–Crippen MR) is 93.9 cm³/mol. The van der Waals surface area contributed by atoms with Crippen LogP contribution in [0.25, 0.3) is 5.69 Å². The number of imide groups is 1. The smallest absolute Gasteiger partial charge is 0.262 e. The van der Waals surface area contributed by atoms with Crippen molar-refractivity contribution in [1.29, 1.82) is 0 Å². The Balaban J connectivity index is 1.99. The van der Waals surface area contributed by atoms with Gasteiger partial charge in [0.2, 0.25) is 0 Å². The number of hydrogen-bond donors (Lipinski definition) is 2. The number of hydrogen-bond acceptors (Lipinski definition) is 5. The van der Waals surface area contributed by atoms with Crippen molar-refractivity contribution in [2.75, 3.05) is 11.5 Å². The van der Waals surface area contributed by atoms with E-state index >= 15 is 0 Å². The van der Waals surface area contributed by atoms with Gasteiger partial charge in [-0.25, -0.2) is 0 Å². The number of nitrogens with two attached hydrogens (primary N) is 1. The van der Waals surface area contributed by atoms with E-state index in [4.69, 9.17) is 5.73 Å². The van der Waals surface area contributed by atoms with Crippen LogP contribution in [0.4, 0.5) is 5.82 Å². The van der Waals surface area contributed by atoms with Crippen molar-refractivity contribution in [3.05, 3.63) is 51.8 Å². The topological polar surface area (TPSA) is 94.2 Å². The lowest BCUT2D eigenvalue weighted by molar-refractivity contribution is 0.0880. The summed E-state index contributed by atoms with van der Waals surface area (Å²) in [7, 11) is 0. The molecular formula is C17H17N3O3S. The van der Waals surface area contributed by atoms with Gasteiger partial charge in [-0.2, -0.15) is 0 Å². The van der Waals surface area contributed by atoms with E-state index in [-0.39, 0.29) is 16.9 Å². The van der Waals surface area contributed by atoms with Crippen molar-refractivity contribution in [1.82, 2.24) is 9.88 Å². The molecule has 2 aromatic rings. The monoisotopic (exact) mass is 343 g/mol. The van der Waals surface area contributed by atoms with Crippen molar-refractivity contribution in [3.63, 3.8) is 0 Å². The van der Waals surface area contributed by atoms with Gasteiger partial charge in [-0.05, 0) is 36.4 Å². The summed E-state index contributed by atoms with van der Waals surface area (Å²) in [5, 5.41) is 2.15. The highest BCUT2D eigenvalue weighted by Crippen LogP contribution is 2.25. The minimum atomic E-state index is -0.589. The second-order valence-electron chi connectivity index (χ2n) is 5.47. The van der Waals surface area contributed by atoms with Gasteiger partial charge in [0.05, 0.1) is 16.8 Å². The van der Waals surface area contributed by atoms with Crippen LogP contribution in [0.1, 0.15) is 40.5 Å². The molecule has 7 heteroatoms. The van der Waals surface area contributed by atoms with E-state index < -0.39 is 17.4 Å². The SMILES string of the molecule is CCCCSc1ccc(-n2c(N)c3c(cc2=O)C(=O)NC3=O)cc1. The molecule has 0 bridgehead atoms. The Morgan fingerprint density at radius 2 is 1.83 bits per heavy atom. The zero-order valence-electron chi connectivity index (χ0n) is 13.2. The van der Waals surface area contributed by atoms with Crippen LogP contribution in [-0.2, 0) is 0 Å². The number of fused-ring (bicyclic) bond motifs is 1. The number of thioether (sulfide) groups is 1. The second kappa shape index (κ2) is 6.52. The molecular weight excluding hydrogens is 326 g/mol. The lowest BCUT2D eigenvalue weighted by atomic mass is 10.1. The van der Waals surface area contributed by atoms with E-state index in [0.717, 1.165) is 29.6 Å². The Hall–Kier alpha value is -2.54. The minimum Gasteiger partial charge on any atom is -0.384 e. The van der Waals surface area contributed by atoms with Crippen molar-refractivity contribution in [2.24, 2.45) is 0 Å². The van der Waals surface area contributed by atoms with Crippen LogP contribution in [0, 0.1) is 0 Å². The molecule has 0 fully saturated rings. The van der Waals surface area contributed by atoms with E-state index in [1.165, 1.54) is 4.57 Å². The molecule has 6 nitrogen and oxygen atoms in total. The average molecular weight is 343 g/mol. The van der Waals surface area contributed by atoms with Crippen molar-refractivity contribution in [3.8, 4) is 5.69 Å². The molecule has 2 heterocycles. The Labute approximate surface area is 143 Å². The maximum absolute atomic E-state index is 12.3. The van der Waals surface area contributed by atoms with E-state index in [1.807, 2.05) is 12.1 Å². The van der Waals surface area contributed by atoms with Crippen molar-refractivity contribution >= 4 is 29.4 Å². The summed E-state index contributed by atoms with van der Waals surface area (Å²) >= 11 is 1.75. The summed E-state index contributed by atoms with van der Waals surface area (Å²) in [5.74, 6) is -0.146. The molecule has 0 saturated carbocycles. The first-order chi connectivity index (χ1) is 11.5. The summed E-state index contributed by atoms with van der Waals surface area (Å²) in [5.41, 5.74) is 6.21. The van der Waals surface area contributed by atoms with Gasteiger partial charge in [0, 0.05) is 11.0 Å². The normalized spacial score (nSPS) is 13.0. The summed E-state index contributed by atoms with van der Waals surface area (Å²) in [6, 6.07) is 8.55. The van der Waals surface area contributed by atoms with Gasteiger partial charge in [-0.15, -0.1) is 11.8 Å². The third-order valence-electron chi connectivity index (χ3n) is 3.81. The molecule has 124 valence electrons. The number of benzene rings is 1. The van der Waals surface area contributed by atoms with Crippen LogP contribution < -0.4 is 16.6 Å². The summed E-state index contributed by atoms with van der Waals surface area (Å²) in [6.07, 6.45) is 2.29. The zero-order chi connectivity index (χ0) is 17.3. The fraction of sp³-hybridized carbons (Fsp3) is 0.235. The fourth-order valence-corrected chi connectivity index (χ4v) is 3.57. The van der Waals surface area contributed by atoms with Crippen molar-refractivity contribution < 1.29 is 9.59 Å². The fourth-order valence-electron chi connectivity index (χ4n) is 2.57. The summed E-state index contributed by atoms with van der Waals surface area (Å²) in [4.78, 5) is 37.0. The highest BCUT2D eigenvalue weighted by atomic mass is 32.2. The van der Waals surface area contributed by atoms with Gasteiger partial charge in [0.1, 0.15) is 5.82 Å². The molecule has 0 unspecified atom stereocenters. The van der Waals surface area contributed by atoms with Gasteiger partial charge in [0.25, 0.3) is 17.4 Å². The number of carbonyl (C=O) groups is 2. The first-order valence-electron chi connectivity index (χ1n) is 7.67. The van der Waals surface area contributed by atoms with Crippen LogP contribution in [0.15, 0.2) is 40.0 Å². The average Bonchev–Trinajstić information content (AvgIpc) is 2.83. The summed E-state index contributed by atoms with van der Waals surface area (Å²) in [6.45, 7) is 2.15. The quantitative estimate of drug-likeness (QED) is 0.493. The number of rotatable bonds is 5. The second-order valence-corrected chi connectivity index (χ2v) is 6.64. The number of aromatic nitrogens is 1. The Bertz CT molecular complexity index is 872. The molecule has 1 aliphatic rings. The van der Waals surface area contributed by atoms with E-state index in [9.17, 15) is 14.4 Å². The lowest BCUT2D eigenvalue weighted by Gasteiger charge is -2.12. The number of nitrogens with one attached hydrogen (secondary N) is 1. The molecule has 1 aromatic heterocycles. The Morgan fingerprint density at radius 1 is 1.12 bits per heavy atom. The number of anilines is 1. The molecule has 3 N–H and O–H groups in total.